The third-order valence-corrected chi connectivity index (χ3v) is 14.1. The molecule has 37 heavy (non-hydrogen) atoms. The van der Waals surface area contributed by atoms with Gasteiger partial charge < -0.3 is 4.43 Å². The molecule has 0 amide bonds. The first-order valence-corrected chi connectivity index (χ1v) is 16.5. The van der Waals surface area contributed by atoms with Gasteiger partial charge in [0.1, 0.15) is 5.65 Å². The van der Waals surface area contributed by atoms with Crippen LogP contribution in [0.2, 0.25) is 5.04 Å². The summed E-state index contributed by atoms with van der Waals surface area (Å²) in [5.41, 5.74) is 1.55. The molecule has 0 atom stereocenters. The average molecular weight is 595 g/mol. The molecule has 0 aliphatic heterocycles. The van der Waals surface area contributed by atoms with Crippen LogP contribution >= 0.6 is 27.7 Å². The van der Waals surface area contributed by atoms with E-state index < -0.39 is 8.32 Å². The van der Waals surface area contributed by atoms with Crippen molar-refractivity contribution < 1.29 is 4.43 Å². The first-order valence-electron chi connectivity index (χ1n) is 12.6. The molecule has 4 aromatic rings. The number of hydrogen-bond acceptors (Lipinski definition) is 5. The van der Waals surface area contributed by atoms with Gasteiger partial charge in [-0.2, -0.15) is 0 Å². The molecular formula is C29H32BrN3O2SSi. The van der Waals surface area contributed by atoms with Gasteiger partial charge in [-0.25, -0.2) is 9.97 Å². The van der Waals surface area contributed by atoms with Crippen molar-refractivity contribution in [2.24, 2.45) is 0 Å². The van der Waals surface area contributed by atoms with Gasteiger partial charge in [-0.1, -0.05) is 93.2 Å². The quantitative estimate of drug-likeness (QED) is 0.159. The zero-order valence-corrected chi connectivity index (χ0v) is 25.3. The Labute approximate surface area is 232 Å². The van der Waals surface area contributed by atoms with Crippen molar-refractivity contribution in [1.29, 1.82) is 0 Å². The molecule has 0 radical (unpaired) electrons. The van der Waals surface area contributed by atoms with Gasteiger partial charge in [0.15, 0.2) is 5.16 Å². The van der Waals surface area contributed by atoms with E-state index in [1.807, 2.05) is 23.9 Å². The smallest absolute Gasteiger partial charge is 0.267 e. The van der Waals surface area contributed by atoms with Gasteiger partial charge in [0.05, 0.1) is 4.47 Å². The van der Waals surface area contributed by atoms with Gasteiger partial charge in [0.2, 0.25) is 0 Å². The molecule has 0 N–H and O–H groups in total. The van der Waals surface area contributed by atoms with Crippen LogP contribution < -0.4 is 15.9 Å². The van der Waals surface area contributed by atoms with Gasteiger partial charge in [0, 0.05) is 23.7 Å². The van der Waals surface area contributed by atoms with E-state index >= 15 is 0 Å². The maximum absolute atomic E-state index is 13.4. The fraction of sp³-hybridized carbons (Fsp3) is 0.345. The third kappa shape index (κ3) is 4.52. The molecule has 2 aromatic carbocycles. The highest BCUT2D eigenvalue weighted by atomic mass is 79.9. The Balaban J connectivity index is 1.54. The Morgan fingerprint density at radius 3 is 2.11 bits per heavy atom. The van der Waals surface area contributed by atoms with Crippen LogP contribution in [0.1, 0.15) is 45.2 Å². The highest BCUT2D eigenvalue weighted by Crippen LogP contribution is 2.43. The molecule has 0 bridgehead atoms. The summed E-state index contributed by atoms with van der Waals surface area (Å²) in [6.45, 7) is 8.83. The van der Waals surface area contributed by atoms with E-state index in [2.05, 4.69) is 102 Å². The van der Waals surface area contributed by atoms with E-state index in [0.717, 1.165) is 23.8 Å². The molecule has 5 rings (SSSR count). The zero-order valence-electron chi connectivity index (χ0n) is 21.9. The molecule has 1 fully saturated rings. The monoisotopic (exact) mass is 593 g/mol. The Hall–Kier alpha value is -2.26. The number of fused-ring (bicyclic) bond motifs is 1. The summed E-state index contributed by atoms with van der Waals surface area (Å²) in [6, 6.07) is 21.5. The minimum atomic E-state index is -2.64. The summed E-state index contributed by atoms with van der Waals surface area (Å²) in [7, 11) is -2.64. The van der Waals surface area contributed by atoms with Crippen molar-refractivity contribution in [1.82, 2.24) is 14.5 Å². The maximum atomic E-state index is 13.4. The maximum Gasteiger partial charge on any atom is 0.267 e. The fourth-order valence-corrected chi connectivity index (χ4v) is 11.0. The highest BCUT2D eigenvalue weighted by molar-refractivity contribution is 9.10. The normalized spacial score (nSPS) is 18.1. The second kappa shape index (κ2) is 10.1. The lowest BCUT2D eigenvalue weighted by Crippen LogP contribution is -2.68. The minimum Gasteiger partial charge on any atom is -0.404 e. The number of benzene rings is 2. The number of aryl methyl sites for hydroxylation is 1. The van der Waals surface area contributed by atoms with Crippen LogP contribution in [-0.4, -0.2) is 35.2 Å². The third-order valence-electron chi connectivity index (χ3n) is 7.49. The van der Waals surface area contributed by atoms with Gasteiger partial charge in [-0.15, -0.1) is 0 Å². The number of aromatic nitrogens is 3. The number of halogens is 1. The van der Waals surface area contributed by atoms with E-state index in [9.17, 15) is 4.79 Å². The number of rotatable bonds is 6. The Kier molecular flexibility index (Phi) is 7.22. The van der Waals surface area contributed by atoms with Gasteiger partial charge >= 0.3 is 0 Å². The van der Waals surface area contributed by atoms with Gasteiger partial charge in [0.25, 0.3) is 13.9 Å². The lowest BCUT2D eigenvalue weighted by atomic mass is 9.89. The largest absolute Gasteiger partial charge is 0.404 e. The van der Waals surface area contributed by atoms with Crippen molar-refractivity contribution in [2.45, 2.75) is 62.9 Å². The van der Waals surface area contributed by atoms with Crippen molar-refractivity contribution in [3.63, 3.8) is 0 Å². The molecule has 8 heteroatoms. The average Bonchev–Trinajstić information content (AvgIpc) is 2.88. The molecule has 2 heterocycles. The second-order valence-corrected chi connectivity index (χ2v) is 16.6. The molecule has 5 nitrogen and oxygen atoms in total. The van der Waals surface area contributed by atoms with Gasteiger partial charge in [-0.05, 0) is 62.9 Å². The van der Waals surface area contributed by atoms with E-state index in [1.54, 1.807) is 0 Å². The molecule has 0 unspecified atom stereocenters. The summed E-state index contributed by atoms with van der Waals surface area (Å²) >= 11 is 5.02. The van der Waals surface area contributed by atoms with Crippen LogP contribution in [0.5, 0.6) is 0 Å². The summed E-state index contributed by atoms with van der Waals surface area (Å²) in [5, 5.41) is 4.03. The Bertz CT molecular complexity index is 1440. The Morgan fingerprint density at radius 2 is 1.59 bits per heavy atom. The van der Waals surface area contributed by atoms with E-state index in [0.29, 0.717) is 15.3 Å². The molecule has 192 valence electrons. The summed E-state index contributed by atoms with van der Waals surface area (Å²) < 4.78 is 9.73. The predicted octanol–water partition coefficient (Wildman–Crippen LogP) is 5.86. The van der Waals surface area contributed by atoms with Crippen molar-refractivity contribution in [2.75, 3.05) is 6.26 Å². The molecule has 1 aliphatic rings. The lowest BCUT2D eigenvalue weighted by Gasteiger charge is -2.49. The van der Waals surface area contributed by atoms with Crippen molar-refractivity contribution in [3.8, 4) is 0 Å². The van der Waals surface area contributed by atoms with Crippen LogP contribution in [0.3, 0.4) is 0 Å². The minimum absolute atomic E-state index is 0.0275. The summed E-state index contributed by atoms with van der Waals surface area (Å²) in [6.07, 6.45) is 5.38. The van der Waals surface area contributed by atoms with E-state index in [1.165, 1.54) is 22.1 Å². The topological polar surface area (TPSA) is 57.0 Å². The molecule has 1 saturated carbocycles. The molecule has 0 spiro atoms. The molecular weight excluding hydrogens is 562 g/mol. The zero-order chi connectivity index (χ0) is 26.4. The van der Waals surface area contributed by atoms with Crippen LogP contribution in [-0.2, 0) is 4.43 Å². The number of thioether (sulfide) groups is 1. The first kappa shape index (κ1) is 26.3. The fourth-order valence-electron chi connectivity index (χ4n) is 5.51. The van der Waals surface area contributed by atoms with Gasteiger partial charge in [-0.3, -0.25) is 9.36 Å². The second-order valence-electron chi connectivity index (χ2n) is 10.7. The number of pyridine rings is 1. The highest BCUT2D eigenvalue weighted by Gasteiger charge is 2.53. The van der Waals surface area contributed by atoms with Crippen LogP contribution in [0, 0.1) is 6.92 Å². The summed E-state index contributed by atoms with van der Waals surface area (Å²) in [4.78, 5) is 22.7. The predicted molar refractivity (Wildman–Crippen MR) is 159 cm³/mol. The summed E-state index contributed by atoms with van der Waals surface area (Å²) in [5.74, 6) is 0. The SMILES string of the molecule is CSc1ncc2c(C)c(Br)c(=O)n([C@H]3C[C@H](O[Si](c4ccccc4)(c4ccccc4)C(C)(C)C)C3)c2n1. The van der Waals surface area contributed by atoms with Crippen molar-refractivity contribution in [3.05, 3.63) is 87.3 Å². The molecule has 1 aliphatic carbocycles. The van der Waals surface area contributed by atoms with E-state index in [-0.39, 0.29) is 22.7 Å². The van der Waals surface area contributed by atoms with Crippen LogP contribution in [0.15, 0.2) is 81.3 Å². The standard InChI is InChI=1S/C29H32BrN3O2SSi/c1-19-24-18-31-28(36-5)32-26(24)33(27(34)25(19)30)20-16-21(17-20)35-37(29(2,3)4,22-12-8-6-9-13-22)23-14-10-7-11-15-23/h6-15,18,20-21H,16-17H2,1-5H3/t20-,21-. The lowest BCUT2D eigenvalue weighted by molar-refractivity contribution is 0.0616. The van der Waals surface area contributed by atoms with E-state index in [4.69, 9.17) is 9.41 Å². The number of hydrogen-bond donors (Lipinski definition) is 0. The van der Waals surface area contributed by atoms with Crippen LogP contribution in [0.4, 0.5) is 0 Å². The molecule has 2 aromatic heterocycles. The van der Waals surface area contributed by atoms with Crippen molar-refractivity contribution >= 4 is 57.4 Å². The number of nitrogens with zero attached hydrogens (tertiary/aromatic N) is 3. The van der Waals surface area contributed by atoms with Crippen LogP contribution in [0.25, 0.3) is 11.0 Å². The first-order chi connectivity index (χ1) is 17.7. The Morgan fingerprint density at radius 1 is 1.03 bits per heavy atom. The molecule has 0 saturated heterocycles.